The van der Waals surface area contributed by atoms with Crippen molar-refractivity contribution in [3.05, 3.63) is 128 Å². The van der Waals surface area contributed by atoms with Crippen LogP contribution in [0, 0.1) is 6.92 Å². The third-order valence-electron chi connectivity index (χ3n) is 7.97. The Labute approximate surface area is 270 Å². The van der Waals surface area contributed by atoms with E-state index in [0.29, 0.717) is 12.0 Å². The van der Waals surface area contributed by atoms with Crippen molar-refractivity contribution in [2.24, 2.45) is 0 Å². The molecule has 3 heterocycles. The Morgan fingerprint density at radius 1 is 0.889 bits per heavy atom. The molecule has 2 fully saturated rings. The van der Waals surface area contributed by atoms with E-state index in [1.165, 1.54) is 4.57 Å². The molecule has 2 aliphatic heterocycles. The Hall–Kier alpha value is -3.05. The summed E-state index contributed by atoms with van der Waals surface area (Å²) in [4.78, 5) is 27.3. The molecule has 6 rings (SSSR count). The van der Waals surface area contributed by atoms with Gasteiger partial charge in [-0.3, -0.25) is 14.3 Å². The van der Waals surface area contributed by atoms with Crippen LogP contribution in [0.1, 0.15) is 34.9 Å². The van der Waals surface area contributed by atoms with Crippen LogP contribution in [0.25, 0.3) is 0 Å². The number of nitrogens with zero attached hydrogens (tertiary/aromatic N) is 1. The predicted molar refractivity (Wildman–Crippen MR) is 180 cm³/mol. The zero-order valence-corrected chi connectivity index (χ0v) is 27.7. The van der Waals surface area contributed by atoms with Crippen LogP contribution in [-0.2, 0) is 19.6 Å². The van der Waals surface area contributed by atoms with Crippen molar-refractivity contribution in [3.8, 4) is 11.5 Å². The molecule has 2 saturated heterocycles. The molecule has 0 aliphatic carbocycles. The molecule has 0 saturated carbocycles. The largest absolute Gasteiger partial charge is 0.497 e. The first-order valence-corrected chi connectivity index (χ1v) is 19.0. The summed E-state index contributed by atoms with van der Waals surface area (Å²) in [5.41, 5.74) is 1.24. The van der Waals surface area contributed by atoms with Gasteiger partial charge in [-0.1, -0.05) is 77.4 Å². The molecule has 0 amide bonds. The van der Waals surface area contributed by atoms with Crippen molar-refractivity contribution in [2.75, 3.05) is 32.3 Å². The van der Waals surface area contributed by atoms with E-state index in [-0.39, 0.29) is 12.7 Å². The van der Waals surface area contributed by atoms with Crippen LogP contribution >= 0.6 is 29.3 Å². The molecule has 236 valence electrons. The Kier molecular flexibility index (Phi) is 10.0. The second kappa shape index (κ2) is 14.2. The molecular formula is C33H35N2O7PS2. The molecule has 12 heteroatoms. The van der Waals surface area contributed by atoms with Crippen molar-refractivity contribution in [2.45, 2.75) is 37.4 Å². The quantitative estimate of drug-likeness (QED) is 0.147. The number of nitrogens with one attached hydrogen (secondary N) is 1. The Morgan fingerprint density at radius 2 is 1.47 bits per heavy atom. The zero-order valence-electron chi connectivity index (χ0n) is 25.2. The minimum atomic E-state index is -1.03. The normalized spacial score (nSPS) is 20.4. The molecule has 2 aliphatic rings. The first-order chi connectivity index (χ1) is 21.9. The van der Waals surface area contributed by atoms with Crippen molar-refractivity contribution in [1.82, 2.24) is 9.55 Å². The standard InChI is InChI=1S/C33H35N2O7PS2/c1-22-20-35(32(37)34-31(22)36)30-19-28(42-43-44-17-18-45-43)29(41-30)21-40-33(23-7-5-4-6-8-23,24-9-13-26(38-2)14-10-24)25-11-15-27(39-3)16-12-25/h4-16,20,28-30H,17-19,21H2,1-3H3,(H,34,36,37)/t28-,29+,30+/m0/s1. The van der Waals surface area contributed by atoms with E-state index in [1.807, 2.05) is 89.5 Å². The van der Waals surface area contributed by atoms with Gasteiger partial charge in [-0.05, 0) is 47.9 Å². The van der Waals surface area contributed by atoms with E-state index in [9.17, 15) is 9.59 Å². The SMILES string of the molecule is COc1ccc(C(OC[C@H]2O[C@@H](n3cc(C)c(=O)[nH]c3=O)C[C@@H]2OP2SCCS2)(c2ccccc2)c2ccc(OC)cc2)cc1. The molecule has 45 heavy (non-hydrogen) atoms. The topological polar surface area (TPSA) is 101 Å². The molecule has 0 unspecified atom stereocenters. The molecule has 3 atom stereocenters. The van der Waals surface area contributed by atoms with Gasteiger partial charge in [0.2, 0.25) is 0 Å². The van der Waals surface area contributed by atoms with Gasteiger partial charge in [-0.2, -0.15) is 0 Å². The van der Waals surface area contributed by atoms with Crippen LogP contribution < -0.4 is 20.7 Å². The maximum Gasteiger partial charge on any atom is 0.330 e. The first kappa shape index (κ1) is 31.9. The molecular weight excluding hydrogens is 631 g/mol. The number of benzene rings is 3. The minimum absolute atomic E-state index is 0.170. The highest BCUT2D eigenvalue weighted by Gasteiger charge is 2.44. The van der Waals surface area contributed by atoms with Crippen LogP contribution in [0.4, 0.5) is 0 Å². The van der Waals surface area contributed by atoms with Crippen molar-refractivity contribution in [1.29, 1.82) is 0 Å². The summed E-state index contributed by atoms with van der Waals surface area (Å²) in [6.07, 6.45) is 0.575. The van der Waals surface area contributed by atoms with E-state index in [2.05, 4.69) is 17.1 Å². The lowest BCUT2D eigenvalue weighted by atomic mass is 9.80. The summed E-state index contributed by atoms with van der Waals surface area (Å²) in [6, 6.07) is 25.8. The average Bonchev–Trinajstić information content (AvgIpc) is 3.74. The highest BCUT2D eigenvalue weighted by atomic mass is 33.1. The van der Waals surface area contributed by atoms with Crippen molar-refractivity contribution >= 4 is 29.3 Å². The number of aromatic nitrogens is 2. The summed E-state index contributed by atoms with van der Waals surface area (Å²) >= 11 is 3.65. The molecule has 0 spiro atoms. The zero-order chi connectivity index (χ0) is 31.4. The Balaban J connectivity index is 1.40. The Morgan fingerprint density at radius 3 is 2.04 bits per heavy atom. The number of methoxy groups -OCH3 is 2. The van der Waals surface area contributed by atoms with Gasteiger partial charge in [0.25, 0.3) is 5.56 Å². The lowest BCUT2D eigenvalue weighted by molar-refractivity contribution is -0.0905. The number of hydrogen-bond acceptors (Lipinski definition) is 9. The summed E-state index contributed by atoms with van der Waals surface area (Å²) in [6.45, 7) is 1.10. The van der Waals surface area contributed by atoms with Crippen molar-refractivity contribution in [3.63, 3.8) is 0 Å². The van der Waals surface area contributed by atoms with Crippen LogP contribution in [0.3, 0.4) is 0 Å². The van der Waals surface area contributed by atoms with Crippen molar-refractivity contribution < 1.29 is 23.5 Å². The van der Waals surface area contributed by atoms with E-state index in [0.717, 1.165) is 39.7 Å². The molecule has 0 radical (unpaired) electrons. The van der Waals surface area contributed by atoms with E-state index in [4.69, 9.17) is 23.5 Å². The van der Waals surface area contributed by atoms with Gasteiger partial charge in [0.05, 0.1) is 26.9 Å². The van der Waals surface area contributed by atoms with Crippen LogP contribution in [0.2, 0.25) is 0 Å². The van der Waals surface area contributed by atoms with Gasteiger partial charge in [-0.15, -0.1) is 0 Å². The maximum atomic E-state index is 12.8. The van der Waals surface area contributed by atoms with Gasteiger partial charge in [0.15, 0.2) is 6.55 Å². The van der Waals surface area contributed by atoms with Gasteiger partial charge in [0, 0.05) is 29.7 Å². The van der Waals surface area contributed by atoms with Gasteiger partial charge < -0.3 is 23.5 Å². The van der Waals surface area contributed by atoms with E-state index >= 15 is 0 Å². The maximum absolute atomic E-state index is 12.8. The second-order valence-electron chi connectivity index (χ2n) is 10.7. The summed E-state index contributed by atoms with van der Waals surface area (Å²) in [5, 5.41) is 0. The smallest absolute Gasteiger partial charge is 0.330 e. The summed E-state index contributed by atoms with van der Waals surface area (Å²) in [5.74, 6) is 3.56. The fraction of sp³-hybridized carbons (Fsp3) is 0.333. The lowest BCUT2D eigenvalue weighted by Crippen LogP contribution is -2.38. The predicted octanol–water partition coefficient (Wildman–Crippen LogP) is 6.25. The lowest BCUT2D eigenvalue weighted by Gasteiger charge is -2.37. The average molecular weight is 667 g/mol. The third-order valence-corrected chi connectivity index (χ3v) is 14.6. The fourth-order valence-corrected chi connectivity index (χ4v) is 12.7. The fourth-order valence-electron chi connectivity index (χ4n) is 5.65. The number of rotatable bonds is 11. The van der Waals surface area contributed by atoms with Gasteiger partial charge in [-0.25, -0.2) is 4.79 Å². The minimum Gasteiger partial charge on any atom is -0.497 e. The van der Waals surface area contributed by atoms with Crippen LogP contribution in [0.5, 0.6) is 11.5 Å². The van der Waals surface area contributed by atoms with Gasteiger partial charge in [0.1, 0.15) is 29.4 Å². The van der Waals surface area contributed by atoms with Crippen LogP contribution in [-0.4, -0.2) is 54.1 Å². The molecule has 1 N–H and O–H groups in total. The van der Waals surface area contributed by atoms with E-state index < -0.39 is 35.7 Å². The third kappa shape index (κ3) is 6.75. The second-order valence-corrected chi connectivity index (χ2v) is 16.9. The number of ether oxygens (including phenoxy) is 4. The monoisotopic (exact) mass is 666 g/mol. The van der Waals surface area contributed by atoms with E-state index in [1.54, 1.807) is 27.3 Å². The van der Waals surface area contributed by atoms with Gasteiger partial charge >= 0.3 is 5.69 Å². The number of aromatic amines is 1. The number of aryl methyl sites for hydroxylation is 1. The molecule has 3 aromatic carbocycles. The molecule has 9 nitrogen and oxygen atoms in total. The number of hydrogen-bond donors (Lipinski definition) is 1. The Bertz CT molecular complexity index is 1650. The summed E-state index contributed by atoms with van der Waals surface area (Å²) in [7, 11) is 3.29. The first-order valence-electron chi connectivity index (χ1n) is 14.6. The summed E-state index contributed by atoms with van der Waals surface area (Å²) < 4.78 is 32.7. The van der Waals surface area contributed by atoms with Crippen LogP contribution in [0.15, 0.2) is 94.6 Å². The molecule has 1 aromatic heterocycles. The highest BCUT2D eigenvalue weighted by Crippen LogP contribution is 2.67. The molecule has 4 aromatic rings. The number of H-pyrrole nitrogens is 1. The highest BCUT2D eigenvalue weighted by molar-refractivity contribution is 8.88. The molecule has 0 bridgehead atoms.